The quantitative estimate of drug-likeness (QED) is 0.822. The van der Waals surface area contributed by atoms with E-state index < -0.39 is 0 Å². The molecule has 0 bridgehead atoms. The summed E-state index contributed by atoms with van der Waals surface area (Å²) < 4.78 is 1.72. The zero-order chi connectivity index (χ0) is 18.8. The van der Waals surface area contributed by atoms with Gasteiger partial charge in [-0.2, -0.15) is 5.10 Å². The zero-order valence-corrected chi connectivity index (χ0v) is 15.6. The number of hydrogen-bond acceptors (Lipinski definition) is 4. The largest absolute Gasteiger partial charge is 0.336 e. The van der Waals surface area contributed by atoms with E-state index in [-0.39, 0.29) is 17.9 Å². The summed E-state index contributed by atoms with van der Waals surface area (Å²) in [4.78, 5) is 31.6. The van der Waals surface area contributed by atoms with Crippen molar-refractivity contribution in [3.63, 3.8) is 0 Å². The topological polar surface area (TPSA) is 61.7 Å². The third-order valence-electron chi connectivity index (χ3n) is 5.48. The van der Waals surface area contributed by atoms with Crippen molar-refractivity contribution in [1.82, 2.24) is 19.6 Å². The van der Waals surface area contributed by atoms with Crippen molar-refractivity contribution < 1.29 is 9.59 Å². The number of piperidine rings is 1. The minimum Gasteiger partial charge on any atom is -0.336 e. The van der Waals surface area contributed by atoms with E-state index in [2.05, 4.69) is 10.00 Å². The van der Waals surface area contributed by atoms with Crippen molar-refractivity contribution in [3.8, 4) is 0 Å². The van der Waals surface area contributed by atoms with Crippen LogP contribution in [-0.2, 0) is 11.8 Å². The van der Waals surface area contributed by atoms with Crippen LogP contribution in [0.3, 0.4) is 0 Å². The summed E-state index contributed by atoms with van der Waals surface area (Å²) in [6.07, 6.45) is 5.49. The summed E-state index contributed by atoms with van der Waals surface area (Å²) in [6.45, 7) is 3.52. The van der Waals surface area contributed by atoms with Gasteiger partial charge in [0.15, 0.2) is 0 Å². The van der Waals surface area contributed by atoms with Crippen LogP contribution in [0.15, 0.2) is 42.7 Å². The molecule has 27 heavy (non-hydrogen) atoms. The molecule has 2 fully saturated rings. The van der Waals surface area contributed by atoms with E-state index in [4.69, 9.17) is 0 Å². The maximum atomic E-state index is 13.0. The van der Waals surface area contributed by atoms with Gasteiger partial charge >= 0.3 is 0 Å². The first-order valence-corrected chi connectivity index (χ1v) is 9.52. The number of carbonyl (C=O) groups excluding carboxylic acids is 2. The first kappa shape index (κ1) is 17.7. The molecule has 0 aliphatic carbocycles. The molecule has 142 valence electrons. The van der Waals surface area contributed by atoms with E-state index in [1.54, 1.807) is 10.9 Å². The molecule has 1 atom stereocenters. The van der Waals surface area contributed by atoms with Crippen LogP contribution in [0.2, 0.25) is 0 Å². The minimum atomic E-state index is -0.104. The van der Waals surface area contributed by atoms with Crippen molar-refractivity contribution in [3.05, 3.63) is 48.3 Å². The van der Waals surface area contributed by atoms with E-state index in [1.807, 2.05) is 53.4 Å². The molecule has 1 aromatic heterocycles. The smallest absolute Gasteiger partial charge is 0.253 e. The first-order chi connectivity index (χ1) is 13.1. The van der Waals surface area contributed by atoms with Gasteiger partial charge in [-0.3, -0.25) is 19.2 Å². The van der Waals surface area contributed by atoms with E-state index in [1.165, 1.54) is 0 Å². The summed E-state index contributed by atoms with van der Waals surface area (Å²) in [5.41, 5.74) is 1.59. The Kier molecular flexibility index (Phi) is 4.94. The number of hydrogen-bond donors (Lipinski definition) is 0. The number of carbonyl (C=O) groups is 2. The van der Waals surface area contributed by atoms with Crippen LogP contribution >= 0.6 is 0 Å². The average molecular weight is 367 g/mol. The maximum absolute atomic E-state index is 13.0. The molecule has 0 radical (unpaired) electrons. The van der Waals surface area contributed by atoms with Gasteiger partial charge in [-0.05, 0) is 25.0 Å². The van der Waals surface area contributed by atoms with Crippen molar-refractivity contribution in [2.75, 3.05) is 37.6 Å². The zero-order valence-electron chi connectivity index (χ0n) is 15.6. The fourth-order valence-corrected chi connectivity index (χ4v) is 4.00. The molecule has 2 amide bonds. The number of piperazine rings is 1. The molecule has 0 saturated carbocycles. The Morgan fingerprint density at radius 1 is 1.07 bits per heavy atom. The van der Waals surface area contributed by atoms with Crippen molar-refractivity contribution in [2.45, 2.75) is 18.9 Å². The lowest BCUT2D eigenvalue weighted by atomic mass is 10.0. The number of aromatic nitrogens is 2. The summed E-state index contributed by atoms with van der Waals surface area (Å²) in [7, 11) is 1.86. The van der Waals surface area contributed by atoms with Crippen molar-refractivity contribution >= 4 is 17.5 Å². The van der Waals surface area contributed by atoms with E-state index in [0.29, 0.717) is 13.1 Å². The van der Waals surface area contributed by atoms with Crippen LogP contribution in [-0.4, -0.2) is 70.2 Å². The number of aryl methyl sites for hydroxylation is 1. The van der Waals surface area contributed by atoms with Gasteiger partial charge < -0.3 is 9.80 Å². The number of benzene rings is 1. The predicted molar refractivity (Wildman–Crippen MR) is 103 cm³/mol. The highest BCUT2D eigenvalue weighted by Gasteiger charge is 2.36. The monoisotopic (exact) mass is 367 g/mol. The van der Waals surface area contributed by atoms with Crippen molar-refractivity contribution in [2.24, 2.45) is 7.05 Å². The van der Waals surface area contributed by atoms with Crippen LogP contribution in [0.4, 0.5) is 5.69 Å². The Labute approximate surface area is 159 Å². The van der Waals surface area contributed by atoms with Gasteiger partial charge in [0.1, 0.15) is 0 Å². The normalized spacial score (nSPS) is 21.5. The summed E-state index contributed by atoms with van der Waals surface area (Å²) >= 11 is 0. The molecule has 1 aromatic carbocycles. The van der Waals surface area contributed by atoms with Crippen LogP contribution in [0.1, 0.15) is 23.2 Å². The molecule has 2 aliphatic heterocycles. The maximum Gasteiger partial charge on any atom is 0.253 e. The molecular formula is C20H25N5O2. The second-order valence-electron chi connectivity index (χ2n) is 7.21. The van der Waals surface area contributed by atoms with Gasteiger partial charge in [-0.15, -0.1) is 0 Å². The van der Waals surface area contributed by atoms with Crippen LogP contribution in [0.5, 0.6) is 0 Å². The standard InChI is InChI=1S/C20H25N5O2/c1-22-15-17(14-21-22)25-9-5-8-18(20(25)27)23-10-12-24(13-11-23)19(26)16-6-3-2-4-7-16/h2-4,6-7,14-15,18H,5,8-13H2,1H3/t18-/m0/s1. The average Bonchev–Trinajstić information content (AvgIpc) is 3.14. The Hall–Kier alpha value is -2.67. The highest BCUT2D eigenvalue weighted by atomic mass is 16.2. The molecule has 0 unspecified atom stereocenters. The second kappa shape index (κ2) is 7.52. The van der Waals surface area contributed by atoms with Gasteiger partial charge in [0.2, 0.25) is 5.91 Å². The molecule has 2 saturated heterocycles. The molecule has 3 heterocycles. The SMILES string of the molecule is Cn1cc(N2CCC[C@H](N3CCN(C(=O)c4ccccc4)CC3)C2=O)cn1. The van der Waals surface area contributed by atoms with E-state index in [9.17, 15) is 9.59 Å². The van der Waals surface area contributed by atoms with Gasteiger partial charge in [-0.1, -0.05) is 18.2 Å². The number of rotatable bonds is 3. The Morgan fingerprint density at radius 3 is 2.48 bits per heavy atom. The molecule has 7 nitrogen and oxygen atoms in total. The molecule has 7 heteroatoms. The third-order valence-corrected chi connectivity index (χ3v) is 5.48. The Balaban J connectivity index is 1.39. The van der Waals surface area contributed by atoms with E-state index in [0.717, 1.165) is 43.7 Å². The molecular weight excluding hydrogens is 342 g/mol. The van der Waals surface area contributed by atoms with E-state index >= 15 is 0 Å². The van der Waals surface area contributed by atoms with Gasteiger partial charge in [0.25, 0.3) is 5.91 Å². The fourth-order valence-electron chi connectivity index (χ4n) is 4.00. The van der Waals surface area contributed by atoms with Crippen LogP contribution in [0, 0.1) is 0 Å². The molecule has 2 aliphatic rings. The number of amides is 2. The minimum absolute atomic E-state index is 0.0715. The molecule has 0 spiro atoms. The summed E-state index contributed by atoms with van der Waals surface area (Å²) in [5, 5.41) is 4.19. The predicted octanol–water partition coefficient (Wildman–Crippen LogP) is 1.37. The highest BCUT2D eigenvalue weighted by molar-refractivity contribution is 5.98. The van der Waals surface area contributed by atoms with Gasteiger partial charge in [-0.25, -0.2) is 0 Å². The number of anilines is 1. The first-order valence-electron chi connectivity index (χ1n) is 9.52. The molecule has 0 N–H and O–H groups in total. The summed E-state index contributed by atoms with van der Waals surface area (Å²) in [5.74, 6) is 0.222. The molecule has 4 rings (SSSR count). The second-order valence-corrected chi connectivity index (χ2v) is 7.21. The van der Waals surface area contributed by atoms with Crippen molar-refractivity contribution in [1.29, 1.82) is 0 Å². The Morgan fingerprint density at radius 2 is 1.81 bits per heavy atom. The lowest BCUT2D eigenvalue weighted by molar-refractivity contribution is -0.126. The van der Waals surface area contributed by atoms with Crippen LogP contribution in [0.25, 0.3) is 0 Å². The number of nitrogens with zero attached hydrogens (tertiary/aromatic N) is 5. The lowest BCUT2D eigenvalue weighted by Gasteiger charge is -2.42. The van der Waals surface area contributed by atoms with Crippen LogP contribution < -0.4 is 4.90 Å². The van der Waals surface area contributed by atoms with Gasteiger partial charge in [0.05, 0.1) is 17.9 Å². The van der Waals surface area contributed by atoms with Gasteiger partial charge in [0, 0.05) is 51.5 Å². The molecule has 2 aromatic rings. The Bertz CT molecular complexity index is 811. The lowest BCUT2D eigenvalue weighted by Crippen LogP contribution is -2.58. The highest BCUT2D eigenvalue weighted by Crippen LogP contribution is 2.24. The third kappa shape index (κ3) is 3.60. The fraction of sp³-hybridized carbons (Fsp3) is 0.450. The summed E-state index contributed by atoms with van der Waals surface area (Å²) in [6, 6.07) is 9.29.